The summed E-state index contributed by atoms with van der Waals surface area (Å²) in [6.07, 6.45) is 1.14. The Morgan fingerprint density at radius 3 is 2.20 bits per heavy atom. The van der Waals surface area contributed by atoms with Gasteiger partial charge in [0.05, 0.1) is 0 Å². The standard InChI is InChI=1S/C14H15.Li/c1-12(11-13-7-5-6-8-13)14-9-3-2-4-10-14;/h2-10,12H,11H2,1H3;/q-1;+1. The molecule has 0 spiro atoms. The first-order valence-electron chi connectivity index (χ1n) is 5.12. The third-order valence-electron chi connectivity index (χ3n) is 2.64. The number of hydrogen-bond donors (Lipinski definition) is 0. The predicted octanol–water partition coefficient (Wildman–Crippen LogP) is 0.756. The van der Waals surface area contributed by atoms with Crippen molar-refractivity contribution in [3.05, 3.63) is 65.7 Å². The molecule has 0 amide bonds. The topological polar surface area (TPSA) is 0 Å². The van der Waals surface area contributed by atoms with Gasteiger partial charge < -0.3 is 0 Å². The van der Waals surface area contributed by atoms with E-state index in [1.54, 1.807) is 0 Å². The zero-order valence-corrected chi connectivity index (χ0v) is 9.48. The van der Waals surface area contributed by atoms with Crippen LogP contribution in [0, 0.1) is 0 Å². The van der Waals surface area contributed by atoms with Crippen molar-refractivity contribution in [3.63, 3.8) is 0 Å². The zero-order chi connectivity index (χ0) is 9.80. The molecular weight excluding hydrogens is 175 g/mol. The fraction of sp³-hybridized carbons (Fsp3) is 0.214. The quantitative estimate of drug-likeness (QED) is 0.495. The van der Waals surface area contributed by atoms with Crippen molar-refractivity contribution in [2.24, 2.45) is 0 Å². The van der Waals surface area contributed by atoms with Gasteiger partial charge in [-0.3, -0.25) is 0 Å². The van der Waals surface area contributed by atoms with E-state index in [4.69, 9.17) is 0 Å². The normalized spacial score (nSPS) is 11.8. The van der Waals surface area contributed by atoms with Crippen LogP contribution in [-0.4, -0.2) is 0 Å². The molecule has 0 aromatic heterocycles. The van der Waals surface area contributed by atoms with Crippen LogP contribution in [0.2, 0.25) is 0 Å². The van der Waals surface area contributed by atoms with Gasteiger partial charge in [-0.05, 0) is 11.5 Å². The molecule has 0 aliphatic carbocycles. The molecule has 0 radical (unpaired) electrons. The molecule has 2 rings (SSSR count). The first-order chi connectivity index (χ1) is 6.86. The molecule has 72 valence electrons. The third-order valence-corrected chi connectivity index (χ3v) is 2.64. The van der Waals surface area contributed by atoms with E-state index < -0.39 is 0 Å². The average molecular weight is 190 g/mol. The maximum absolute atomic E-state index is 2.28. The molecule has 0 saturated heterocycles. The summed E-state index contributed by atoms with van der Waals surface area (Å²) >= 11 is 0. The summed E-state index contributed by atoms with van der Waals surface area (Å²) in [6.45, 7) is 2.28. The largest absolute Gasteiger partial charge is 1.00 e. The van der Waals surface area contributed by atoms with Crippen molar-refractivity contribution < 1.29 is 18.9 Å². The second kappa shape index (κ2) is 5.91. The minimum atomic E-state index is 0. The molecule has 0 fully saturated rings. The number of rotatable bonds is 3. The summed E-state index contributed by atoms with van der Waals surface area (Å²) in [5, 5.41) is 0. The van der Waals surface area contributed by atoms with E-state index in [-0.39, 0.29) is 18.9 Å². The molecule has 2 aromatic rings. The van der Waals surface area contributed by atoms with Gasteiger partial charge in [-0.1, -0.05) is 43.7 Å². The van der Waals surface area contributed by atoms with Gasteiger partial charge in [0.2, 0.25) is 0 Å². The minimum Gasteiger partial charge on any atom is -0.213 e. The van der Waals surface area contributed by atoms with Crippen LogP contribution < -0.4 is 18.9 Å². The van der Waals surface area contributed by atoms with Gasteiger partial charge in [-0.2, -0.15) is 17.7 Å². The molecule has 0 heterocycles. The van der Waals surface area contributed by atoms with Crippen LogP contribution in [0.25, 0.3) is 0 Å². The summed E-state index contributed by atoms with van der Waals surface area (Å²) < 4.78 is 0. The van der Waals surface area contributed by atoms with Crippen LogP contribution in [0.3, 0.4) is 0 Å². The van der Waals surface area contributed by atoms with E-state index in [2.05, 4.69) is 61.5 Å². The SMILES string of the molecule is CC(C[c-]1cccc1)c1ccccc1.[Li+]. The fourth-order valence-electron chi connectivity index (χ4n) is 1.80. The number of benzene rings is 1. The van der Waals surface area contributed by atoms with E-state index in [1.807, 2.05) is 0 Å². The van der Waals surface area contributed by atoms with Crippen molar-refractivity contribution in [2.45, 2.75) is 19.3 Å². The van der Waals surface area contributed by atoms with Gasteiger partial charge in [-0.15, -0.1) is 0 Å². The van der Waals surface area contributed by atoms with Crippen LogP contribution in [0.1, 0.15) is 24.0 Å². The molecule has 0 aliphatic heterocycles. The van der Waals surface area contributed by atoms with Gasteiger partial charge in [0, 0.05) is 0 Å². The van der Waals surface area contributed by atoms with Crippen molar-refractivity contribution in [2.75, 3.05) is 0 Å². The van der Waals surface area contributed by atoms with Crippen molar-refractivity contribution >= 4 is 0 Å². The van der Waals surface area contributed by atoms with Crippen LogP contribution in [0.5, 0.6) is 0 Å². The van der Waals surface area contributed by atoms with Gasteiger partial charge in [0.25, 0.3) is 0 Å². The van der Waals surface area contributed by atoms with Crippen molar-refractivity contribution in [1.29, 1.82) is 0 Å². The molecule has 0 aliphatic rings. The Morgan fingerprint density at radius 2 is 1.60 bits per heavy atom. The van der Waals surface area contributed by atoms with Crippen LogP contribution in [0.15, 0.2) is 54.6 Å². The Hall–Kier alpha value is -0.833. The van der Waals surface area contributed by atoms with Crippen LogP contribution in [-0.2, 0) is 6.42 Å². The molecule has 1 heteroatoms. The van der Waals surface area contributed by atoms with Gasteiger partial charge in [0.15, 0.2) is 0 Å². The molecule has 1 unspecified atom stereocenters. The molecule has 0 nitrogen and oxygen atoms in total. The Morgan fingerprint density at radius 1 is 1.00 bits per heavy atom. The maximum Gasteiger partial charge on any atom is 1.00 e. The molecule has 0 bridgehead atoms. The van der Waals surface area contributed by atoms with Crippen molar-refractivity contribution in [1.82, 2.24) is 0 Å². The Bertz CT molecular complexity index is 362. The Labute approximate surface area is 104 Å². The van der Waals surface area contributed by atoms with E-state index in [0.717, 1.165) is 6.42 Å². The van der Waals surface area contributed by atoms with Gasteiger partial charge in [-0.25, -0.2) is 12.1 Å². The summed E-state index contributed by atoms with van der Waals surface area (Å²) in [5.74, 6) is 0.610. The summed E-state index contributed by atoms with van der Waals surface area (Å²) in [4.78, 5) is 0. The number of hydrogen-bond acceptors (Lipinski definition) is 0. The smallest absolute Gasteiger partial charge is 0.213 e. The summed E-state index contributed by atoms with van der Waals surface area (Å²) in [7, 11) is 0. The molecular formula is C14H15Li. The van der Waals surface area contributed by atoms with Gasteiger partial charge in [0.1, 0.15) is 0 Å². The van der Waals surface area contributed by atoms with E-state index in [1.165, 1.54) is 11.1 Å². The maximum atomic E-state index is 2.28. The first-order valence-corrected chi connectivity index (χ1v) is 5.12. The second-order valence-corrected chi connectivity index (χ2v) is 3.81. The summed E-state index contributed by atoms with van der Waals surface area (Å²) in [5.41, 5.74) is 2.86. The molecule has 15 heavy (non-hydrogen) atoms. The first kappa shape index (κ1) is 12.2. The third kappa shape index (κ3) is 3.34. The molecule has 0 saturated carbocycles. The minimum absolute atomic E-state index is 0. The van der Waals surface area contributed by atoms with Crippen molar-refractivity contribution in [3.8, 4) is 0 Å². The Balaban J connectivity index is 0.00000112. The van der Waals surface area contributed by atoms with E-state index in [9.17, 15) is 0 Å². The molecule has 0 N–H and O–H groups in total. The average Bonchev–Trinajstić information content (AvgIpc) is 2.72. The molecule has 1 atom stereocenters. The zero-order valence-electron chi connectivity index (χ0n) is 9.48. The van der Waals surface area contributed by atoms with Crippen LogP contribution in [0.4, 0.5) is 0 Å². The van der Waals surface area contributed by atoms with Gasteiger partial charge >= 0.3 is 18.9 Å². The molecule has 2 aromatic carbocycles. The fourth-order valence-corrected chi connectivity index (χ4v) is 1.80. The van der Waals surface area contributed by atoms with Crippen LogP contribution >= 0.6 is 0 Å². The van der Waals surface area contributed by atoms with E-state index in [0.29, 0.717) is 5.92 Å². The summed E-state index contributed by atoms with van der Waals surface area (Å²) in [6, 6.07) is 19.3. The van der Waals surface area contributed by atoms with E-state index >= 15 is 0 Å². The second-order valence-electron chi connectivity index (χ2n) is 3.81. The Kier molecular flexibility index (Phi) is 4.82. The monoisotopic (exact) mass is 190 g/mol. The predicted molar refractivity (Wildman–Crippen MR) is 60.6 cm³/mol.